The highest BCUT2D eigenvalue weighted by atomic mass is 32.2. The van der Waals surface area contributed by atoms with E-state index in [1.807, 2.05) is 42.5 Å². The second-order valence-corrected chi connectivity index (χ2v) is 9.66. The van der Waals surface area contributed by atoms with E-state index < -0.39 is 10.8 Å². The topological polar surface area (TPSA) is 80.8 Å². The number of rotatable bonds is 8. The first-order valence-electron chi connectivity index (χ1n) is 11.0. The number of carbonyl (C=O) groups is 1. The zero-order valence-corrected chi connectivity index (χ0v) is 20.0. The molecule has 2 atom stereocenters. The van der Waals surface area contributed by atoms with E-state index in [0.717, 1.165) is 52.3 Å². The van der Waals surface area contributed by atoms with E-state index in [-0.39, 0.29) is 11.8 Å². The van der Waals surface area contributed by atoms with Gasteiger partial charge in [0.2, 0.25) is 5.91 Å². The molecule has 8 heteroatoms. The van der Waals surface area contributed by atoms with Crippen LogP contribution >= 0.6 is 0 Å². The molecule has 174 valence electrons. The number of carbonyl (C=O) groups excluding carboxylic acids is 1. The summed E-state index contributed by atoms with van der Waals surface area (Å²) in [5, 5.41) is 3.80. The molecule has 1 fully saturated rings. The monoisotopic (exact) mass is 467 g/mol. The van der Waals surface area contributed by atoms with Crippen molar-refractivity contribution in [1.29, 1.82) is 0 Å². The van der Waals surface area contributed by atoms with Gasteiger partial charge in [-0.1, -0.05) is 0 Å². The molecule has 0 bridgehead atoms. The van der Waals surface area contributed by atoms with Crippen LogP contribution in [0.25, 0.3) is 22.2 Å². The number of methoxy groups -OCH3 is 1. The minimum atomic E-state index is -0.875. The van der Waals surface area contributed by atoms with E-state index in [0.29, 0.717) is 18.9 Å². The lowest BCUT2D eigenvalue weighted by molar-refractivity contribution is -0.123. The number of hydrogen-bond acceptors (Lipinski definition) is 6. The van der Waals surface area contributed by atoms with Crippen LogP contribution in [-0.2, 0) is 15.6 Å². The second-order valence-electron chi connectivity index (χ2n) is 8.11. The van der Waals surface area contributed by atoms with Crippen molar-refractivity contribution >= 4 is 33.3 Å². The zero-order valence-electron chi connectivity index (χ0n) is 19.2. The van der Waals surface area contributed by atoms with Crippen LogP contribution in [0.4, 0.5) is 5.69 Å². The van der Waals surface area contributed by atoms with Gasteiger partial charge in [0.15, 0.2) is 0 Å². The fraction of sp³-hybridized carbons (Fsp3) is 0.360. The van der Waals surface area contributed by atoms with Crippen LogP contribution in [0.5, 0.6) is 11.5 Å². The summed E-state index contributed by atoms with van der Waals surface area (Å²) in [5.41, 5.74) is 3.72. The third-order valence-electron chi connectivity index (χ3n) is 5.93. The van der Waals surface area contributed by atoms with Gasteiger partial charge in [-0.3, -0.25) is 9.00 Å². The number of anilines is 1. The quantitative estimate of drug-likeness (QED) is 0.548. The highest BCUT2D eigenvalue weighted by molar-refractivity contribution is 7.84. The molecule has 33 heavy (non-hydrogen) atoms. The highest BCUT2D eigenvalue weighted by Gasteiger charge is 2.29. The van der Waals surface area contributed by atoms with Gasteiger partial charge in [-0.25, -0.2) is 4.98 Å². The summed E-state index contributed by atoms with van der Waals surface area (Å²) in [5.74, 6) is 2.06. The van der Waals surface area contributed by atoms with Gasteiger partial charge in [0.25, 0.3) is 0 Å². The fourth-order valence-electron chi connectivity index (χ4n) is 4.12. The highest BCUT2D eigenvalue weighted by Crippen LogP contribution is 2.35. The number of nitrogens with one attached hydrogen (secondary N) is 1. The summed E-state index contributed by atoms with van der Waals surface area (Å²) in [6, 6.07) is 15.8. The summed E-state index contributed by atoms with van der Waals surface area (Å²) in [4.78, 5) is 19.3. The van der Waals surface area contributed by atoms with Gasteiger partial charge >= 0.3 is 0 Å². The zero-order chi connectivity index (χ0) is 23.4. The maximum absolute atomic E-state index is 12.2. The van der Waals surface area contributed by atoms with E-state index >= 15 is 0 Å². The minimum absolute atomic E-state index is 0.0196. The summed E-state index contributed by atoms with van der Waals surface area (Å²) in [6.07, 6.45) is 2.49. The van der Waals surface area contributed by atoms with Crippen LogP contribution in [0.15, 0.2) is 48.5 Å². The molecule has 2 aromatic carbocycles. The van der Waals surface area contributed by atoms with Crippen molar-refractivity contribution in [2.75, 3.05) is 50.8 Å². The van der Waals surface area contributed by atoms with Crippen molar-refractivity contribution in [3.8, 4) is 22.8 Å². The Morgan fingerprint density at radius 1 is 1.18 bits per heavy atom. The third-order valence-corrected chi connectivity index (χ3v) is 6.67. The average Bonchev–Trinajstić information content (AvgIpc) is 3.33. The number of fused-ring (bicyclic) bond motifs is 1. The van der Waals surface area contributed by atoms with Crippen LogP contribution < -0.4 is 19.7 Å². The maximum Gasteiger partial charge on any atom is 0.224 e. The third kappa shape index (κ3) is 5.27. The Kier molecular flexibility index (Phi) is 7.13. The van der Waals surface area contributed by atoms with Crippen LogP contribution in [0.2, 0.25) is 0 Å². The molecule has 2 heterocycles. The number of ether oxygens (including phenoxy) is 2. The molecule has 1 amide bonds. The number of hydrogen-bond donors (Lipinski definition) is 1. The van der Waals surface area contributed by atoms with Crippen molar-refractivity contribution < 1.29 is 18.5 Å². The number of amides is 1. The molecule has 1 N–H and O–H groups in total. The van der Waals surface area contributed by atoms with Crippen molar-refractivity contribution in [2.45, 2.75) is 6.42 Å². The molecule has 0 aliphatic carbocycles. The lowest BCUT2D eigenvalue weighted by atomic mass is 10.1. The maximum atomic E-state index is 12.2. The second kappa shape index (κ2) is 10.2. The molecule has 0 radical (unpaired) electrons. The minimum Gasteiger partial charge on any atom is -0.497 e. The summed E-state index contributed by atoms with van der Waals surface area (Å²) < 4.78 is 22.3. The van der Waals surface area contributed by atoms with E-state index in [1.165, 1.54) is 0 Å². The fourth-order valence-corrected chi connectivity index (χ4v) is 4.44. The first-order chi connectivity index (χ1) is 16.0. The first-order valence-corrected chi connectivity index (χ1v) is 12.7. The lowest BCUT2D eigenvalue weighted by Gasteiger charge is -2.22. The molecule has 0 saturated carbocycles. The number of aromatic nitrogens is 1. The van der Waals surface area contributed by atoms with Gasteiger partial charge < -0.3 is 19.7 Å². The molecule has 4 rings (SSSR count). The van der Waals surface area contributed by atoms with Gasteiger partial charge in [0.05, 0.1) is 36.6 Å². The van der Waals surface area contributed by atoms with Gasteiger partial charge in [0, 0.05) is 59.9 Å². The van der Waals surface area contributed by atoms with E-state index in [2.05, 4.69) is 16.3 Å². The summed E-state index contributed by atoms with van der Waals surface area (Å²) in [6.45, 7) is 1.91. The molecule has 1 aromatic heterocycles. The molecular formula is C25H29N3O4S. The average molecular weight is 468 g/mol. The van der Waals surface area contributed by atoms with Crippen LogP contribution in [0.3, 0.4) is 0 Å². The van der Waals surface area contributed by atoms with E-state index in [9.17, 15) is 9.00 Å². The lowest BCUT2D eigenvalue weighted by Crippen LogP contribution is -2.30. The largest absolute Gasteiger partial charge is 0.497 e. The van der Waals surface area contributed by atoms with Gasteiger partial charge in [-0.2, -0.15) is 0 Å². The normalized spacial score (nSPS) is 16.6. The van der Waals surface area contributed by atoms with Crippen molar-refractivity contribution in [1.82, 2.24) is 10.3 Å². The Labute approximate surface area is 196 Å². The van der Waals surface area contributed by atoms with Crippen molar-refractivity contribution in [3.05, 3.63) is 48.5 Å². The summed E-state index contributed by atoms with van der Waals surface area (Å²) >= 11 is 0. The number of benzene rings is 2. The Balaban J connectivity index is 1.67. The smallest absolute Gasteiger partial charge is 0.224 e. The predicted octanol–water partition coefficient (Wildman–Crippen LogP) is 3.24. The molecule has 7 nitrogen and oxygen atoms in total. The SMILES string of the molecule is CNC(=O)C1CCN(c2cc(-c3ccc(OCCS(C)=O)cc3)nc3cc(OC)ccc23)C1. The molecule has 1 saturated heterocycles. The first kappa shape index (κ1) is 23.0. The summed E-state index contributed by atoms with van der Waals surface area (Å²) in [7, 11) is 2.46. The Morgan fingerprint density at radius 2 is 1.94 bits per heavy atom. The Morgan fingerprint density at radius 3 is 2.64 bits per heavy atom. The van der Waals surface area contributed by atoms with E-state index in [4.69, 9.17) is 14.5 Å². The van der Waals surface area contributed by atoms with Gasteiger partial charge in [-0.05, 0) is 48.9 Å². The van der Waals surface area contributed by atoms with E-state index in [1.54, 1.807) is 20.4 Å². The Hall–Kier alpha value is -3.13. The molecular weight excluding hydrogens is 438 g/mol. The molecule has 1 aliphatic rings. The van der Waals surface area contributed by atoms with Crippen molar-refractivity contribution in [2.24, 2.45) is 5.92 Å². The predicted molar refractivity (Wildman–Crippen MR) is 133 cm³/mol. The van der Waals surface area contributed by atoms with Crippen LogP contribution in [0.1, 0.15) is 6.42 Å². The van der Waals surface area contributed by atoms with Crippen LogP contribution in [0, 0.1) is 5.92 Å². The van der Waals surface area contributed by atoms with Gasteiger partial charge in [0.1, 0.15) is 11.5 Å². The number of nitrogens with zero attached hydrogens (tertiary/aromatic N) is 2. The standard InChI is InChI=1S/C25H29N3O4S/c1-26-25(29)18-10-11-28(16-18)24-15-22(27-23-14-20(31-2)8-9-21(23)24)17-4-6-19(7-5-17)32-12-13-33(3)30/h4-9,14-15,18H,10-13,16H2,1-3H3,(H,26,29). The van der Waals surface area contributed by atoms with Crippen molar-refractivity contribution in [3.63, 3.8) is 0 Å². The number of pyridine rings is 1. The molecule has 1 aliphatic heterocycles. The molecule has 2 unspecified atom stereocenters. The van der Waals surface area contributed by atoms with Gasteiger partial charge in [-0.15, -0.1) is 0 Å². The van der Waals surface area contributed by atoms with Crippen LogP contribution in [-0.4, -0.2) is 61.0 Å². The Bertz CT molecular complexity index is 1170. The molecule has 0 spiro atoms. The molecule has 3 aromatic rings.